The number of piperidine rings is 1. The van der Waals surface area contributed by atoms with Gasteiger partial charge in [-0.3, -0.25) is 9.36 Å². The summed E-state index contributed by atoms with van der Waals surface area (Å²) >= 11 is 0. The predicted octanol–water partition coefficient (Wildman–Crippen LogP) is 5.24. The second-order valence-electron chi connectivity index (χ2n) is 10.3. The van der Waals surface area contributed by atoms with Crippen LogP contribution in [0, 0.1) is 5.92 Å². The summed E-state index contributed by atoms with van der Waals surface area (Å²) in [4.78, 5) is 21.3. The normalized spacial score (nSPS) is 18.8. The SMILES string of the molecule is CC(C)c1nc2ccc(-c3ccc4c(c3)CCO4)cc2c(=O)n1C[C@H]1CCCN(C(C)C)C1. The molecule has 3 heterocycles. The Hall–Kier alpha value is -2.66. The first-order valence-corrected chi connectivity index (χ1v) is 12.5. The Morgan fingerprint density at radius 1 is 1.09 bits per heavy atom. The number of benzene rings is 2. The van der Waals surface area contributed by atoms with Crippen molar-refractivity contribution in [2.24, 2.45) is 5.92 Å². The van der Waals surface area contributed by atoms with Crippen LogP contribution < -0.4 is 10.3 Å². The summed E-state index contributed by atoms with van der Waals surface area (Å²) < 4.78 is 7.63. The minimum atomic E-state index is 0.0942. The van der Waals surface area contributed by atoms with Gasteiger partial charge >= 0.3 is 0 Å². The lowest BCUT2D eigenvalue weighted by Crippen LogP contribution is -2.42. The maximum absolute atomic E-state index is 13.8. The van der Waals surface area contributed by atoms with Crippen molar-refractivity contribution in [2.45, 2.75) is 65.5 Å². The summed E-state index contributed by atoms with van der Waals surface area (Å²) in [5, 5.41) is 0.713. The first-order chi connectivity index (χ1) is 15.9. The highest BCUT2D eigenvalue weighted by Crippen LogP contribution is 2.31. The van der Waals surface area contributed by atoms with Gasteiger partial charge in [-0.05, 0) is 80.1 Å². The molecule has 0 aliphatic carbocycles. The van der Waals surface area contributed by atoms with Crippen LogP contribution in [0.2, 0.25) is 0 Å². The van der Waals surface area contributed by atoms with Gasteiger partial charge < -0.3 is 9.64 Å². The Morgan fingerprint density at radius 3 is 2.67 bits per heavy atom. The molecule has 2 aromatic carbocycles. The summed E-state index contributed by atoms with van der Waals surface area (Å²) in [7, 11) is 0. The van der Waals surface area contributed by atoms with Gasteiger partial charge in [0.05, 0.1) is 17.5 Å². The molecule has 3 aromatic rings. The molecular formula is C28H35N3O2. The molecule has 2 aliphatic rings. The molecule has 1 aromatic heterocycles. The zero-order valence-corrected chi connectivity index (χ0v) is 20.3. The Labute approximate surface area is 196 Å². The van der Waals surface area contributed by atoms with Crippen LogP contribution in [-0.4, -0.2) is 40.2 Å². The zero-order chi connectivity index (χ0) is 23.1. The highest BCUT2D eigenvalue weighted by atomic mass is 16.5. The fourth-order valence-electron chi connectivity index (χ4n) is 5.37. The van der Waals surface area contributed by atoms with E-state index in [1.165, 1.54) is 18.4 Å². The van der Waals surface area contributed by atoms with Gasteiger partial charge in [0, 0.05) is 31.5 Å². The Morgan fingerprint density at radius 2 is 1.88 bits per heavy atom. The van der Waals surface area contributed by atoms with Crippen molar-refractivity contribution >= 4 is 10.9 Å². The minimum Gasteiger partial charge on any atom is -0.493 e. The van der Waals surface area contributed by atoms with Gasteiger partial charge in [-0.1, -0.05) is 26.0 Å². The first kappa shape index (κ1) is 22.1. The number of nitrogens with zero attached hydrogens (tertiary/aromatic N) is 3. The van der Waals surface area contributed by atoms with E-state index in [1.54, 1.807) is 0 Å². The molecule has 174 valence electrons. The van der Waals surface area contributed by atoms with Crippen LogP contribution in [0.3, 0.4) is 0 Å². The lowest BCUT2D eigenvalue weighted by Gasteiger charge is -2.36. The molecule has 0 bridgehead atoms. The van der Waals surface area contributed by atoms with E-state index in [9.17, 15) is 4.79 Å². The molecule has 5 heteroatoms. The molecular weight excluding hydrogens is 410 g/mol. The van der Waals surface area contributed by atoms with E-state index < -0.39 is 0 Å². The number of fused-ring (bicyclic) bond motifs is 2. The van der Waals surface area contributed by atoms with Crippen molar-refractivity contribution in [1.29, 1.82) is 0 Å². The van der Waals surface area contributed by atoms with E-state index in [2.05, 4.69) is 50.8 Å². The fourth-order valence-corrected chi connectivity index (χ4v) is 5.37. The Balaban J connectivity index is 1.54. The average molecular weight is 446 g/mol. The van der Waals surface area contributed by atoms with E-state index >= 15 is 0 Å². The summed E-state index contributed by atoms with van der Waals surface area (Å²) in [6.45, 7) is 12.5. The van der Waals surface area contributed by atoms with Gasteiger partial charge in [0.25, 0.3) is 5.56 Å². The maximum atomic E-state index is 13.8. The molecule has 0 unspecified atom stereocenters. The standard InChI is InChI=1S/C28H35N3O2/c1-18(2)27-29-25-9-7-22(21-8-10-26-23(14-21)11-13-33-26)15-24(25)28(32)31(27)17-20-6-5-12-30(16-20)19(3)4/h7-10,14-15,18-20H,5-6,11-13,16-17H2,1-4H3/t20-/m0/s1. The quantitative estimate of drug-likeness (QED) is 0.539. The van der Waals surface area contributed by atoms with Crippen molar-refractivity contribution in [3.05, 3.63) is 58.1 Å². The van der Waals surface area contributed by atoms with Gasteiger partial charge in [-0.2, -0.15) is 0 Å². The lowest BCUT2D eigenvalue weighted by molar-refractivity contribution is 0.129. The average Bonchev–Trinajstić information content (AvgIpc) is 3.28. The van der Waals surface area contributed by atoms with E-state index in [1.807, 2.05) is 22.8 Å². The molecule has 1 atom stereocenters. The van der Waals surface area contributed by atoms with Crippen molar-refractivity contribution in [3.63, 3.8) is 0 Å². The summed E-state index contributed by atoms with van der Waals surface area (Å²) in [5.74, 6) is 2.56. The first-order valence-electron chi connectivity index (χ1n) is 12.5. The number of ether oxygens (including phenoxy) is 1. The van der Waals surface area contributed by atoms with Gasteiger partial charge in [0.15, 0.2) is 0 Å². The van der Waals surface area contributed by atoms with E-state index in [-0.39, 0.29) is 11.5 Å². The smallest absolute Gasteiger partial charge is 0.261 e. The molecule has 5 rings (SSSR count). The number of hydrogen-bond acceptors (Lipinski definition) is 4. The molecule has 0 N–H and O–H groups in total. The van der Waals surface area contributed by atoms with Crippen LogP contribution in [0.15, 0.2) is 41.2 Å². The molecule has 2 aliphatic heterocycles. The monoisotopic (exact) mass is 445 g/mol. The molecule has 5 nitrogen and oxygen atoms in total. The molecule has 0 radical (unpaired) electrons. The Kier molecular flexibility index (Phi) is 6.00. The third-order valence-electron chi connectivity index (χ3n) is 7.24. The third kappa shape index (κ3) is 4.31. The van der Waals surface area contributed by atoms with E-state index in [0.717, 1.165) is 60.9 Å². The predicted molar refractivity (Wildman–Crippen MR) is 134 cm³/mol. The van der Waals surface area contributed by atoms with Crippen molar-refractivity contribution < 1.29 is 4.74 Å². The van der Waals surface area contributed by atoms with Crippen molar-refractivity contribution in [1.82, 2.24) is 14.5 Å². The third-order valence-corrected chi connectivity index (χ3v) is 7.24. The number of likely N-dealkylation sites (tertiary alicyclic amines) is 1. The molecule has 33 heavy (non-hydrogen) atoms. The summed E-state index contributed by atoms with van der Waals surface area (Å²) in [5.41, 5.74) is 4.31. The molecule has 0 spiro atoms. The van der Waals surface area contributed by atoms with Gasteiger partial charge in [0.1, 0.15) is 11.6 Å². The number of hydrogen-bond donors (Lipinski definition) is 0. The molecule has 0 saturated carbocycles. The maximum Gasteiger partial charge on any atom is 0.261 e. The highest BCUT2D eigenvalue weighted by molar-refractivity contribution is 5.84. The van der Waals surface area contributed by atoms with Crippen LogP contribution in [0.25, 0.3) is 22.0 Å². The van der Waals surface area contributed by atoms with Crippen molar-refractivity contribution in [2.75, 3.05) is 19.7 Å². The Bertz CT molecular complexity index is 1230. The van der Waals surface area contributed by atoms with Crippen molar-refractivity contribution in [3.8, 4) is 16.9 Å². The van der Waals surface area contributed by atoms with Crippen LogP contribution in [0.4, 0.5) is 0 Å². The summed E-state index contributed by atoms with van der Waals surface area (Å²) in [6.07, 6.45) is 3.31. The molecule has 1 fully saturated rings. The van der Waals surface area contributed by atoms with Crippen LogP contribution in [0.5, 0.6) is 5.75 Å². The minimum absolute atomic E-state index is 0.0942. The molecule has 1 saturated heterocycles. The topological polar surface area (TPSA) is 47.4 Å². The van der Waals surface area contributed by atoms with Crippen LogP contribution >= 0.6 is 0 Å². The van der Waals surface area contributed by atoms with Gasteiger partial charge in [-0.15, -0.1) is 0 Å². The summed E-state index contributed by atoms with van der Waals surface area (Å²) in [6, 6.07) is 13.0. The lowest BCUT2D eigenvalue weighted by atomic mass is 9.96. The van der Waals surface area contributed by atoms with Crippen LogP contribution in [-0.2, 0) is 13.0 Å². The fraction of sp³-hybridized carbons (Fsp3) is 0.500. The second-order valence-corrected chi connectivity index (χ2v) is 10.3. The van der Waals surface area contributed by atoms with E-state index in [0.29, 0.717) is 17.3 Å². The number of aromatic nitrogens is 2. The zero-order valence-electron chi connectivity index (χ0n) is 20.3. The van der Waals surface area contributed by atoms with Gasteiger partial charge in [0.2, 0.25) is 0 Å². The largest absolute Gasteiger partial charge is 0.493 e. The highest BCUT2D eigenvalue weighted by Gasteiger charge is 2.24. The van der Waals surface area contributed by atoms with E-state index in [4.69, 9.17) is 9.72 Å². The van der Waals surface area contributed by atoms with Crippen LogP contribution in [0.1, 0.15) is 57.8 Å². The van der Waals surface area contributed by atoms with Gasteiger partial charge in [-0.25, -0.2) is 4.98 Å². The number of rotatable bonds is 5. The second kappa shape index (κ2) is 8.94. The molecule has 0 amide bonds.